The lowest BCUT2D eigenvalue weighted by Gasteiger charge is -2.32. The maximum Gasteiger partial charge on any atom is 0.348 e. The van der Waals surface area contributed by atoms with Gasteiger partial charge in [0.15, 0.2) is 23.3 Å². The molecule has 132 heavy (non-hydrogen) atoms. The van der Waals surface area contributed by atoms with Gasteiger partial charge in [-0.25, -0.2) is 78.4 Å². The van der Waals surface area contributed by atoms with Crippen LogP contribution in [0.5, 0.6) is 11.5 Å². The molecule has 10 amide bonds. The number of rotatable bonds is 20. The quantitative estimate of drug-likeness (QED) is 0.0351. The third-order valence-corrected chi connectivity index (χ3v) is 28.3. The van der Waals surface area contributed by atoms with Gasteiger partial charge in [0, 0.05) is 34.3 Å². The summed E-state index contributed by atoms with van der Waals surface area (Å²) in [5.41, 5.74) is 8.50. The Kier molecular flexibility index (Phi) is 24.8. The highest BCUT2D eigenvalue weighted by molar-refractivity contribution is 7.99. The fraction of sp³-hybridized carbons (Fsp3) is 0.167. The van der Waals surface area contributed by atoms with Gasteiger partial charge >= 0.3 is 36.1 Å². The Bertz CT molecular complexity index is 7090. The van der Waals surface area contributed by atoms with E-state index in [1.54, 1.807) is 40.9 Å². The number of carbonyl (C=O) groups is 8. The molecule has 2 atom stereocenters. The van der Waals surface area contributed by atoms with Crippen LogP contribution in [0.1, 0.15) is 125 Å². The van der Waals surface area contributed by atoms with Gasteiger partial charge in [-0.2, -0.15) is 0 Å². The Hall–Kier alpha value is -15.1. The number of hydrogen-bond donors (Lipinski definition) is 8. The van der Waals surface area contributed by atoms with E-state index in [-0.39, 0.29) is 57.1 Å². The van der Waals surface area contributed by atoms with Gasteiger partial charge in [-0.1, -0.05) is 146 Å². The van der Waals surface area contributed by atoms with Crippen LogP contribution in [0.25, 0.3) is 40.9 Å². The monoisotopic (exact) mass is 1850 g/mol. The summed E-state index contributed by atoms with van der Waals surface area (Å²) in [6, 6.07) is 67.5. The zero-order chi connectivity index (χ0) is 90.6. The van der Waals surface area contributed by atoms with Crippen LogP contribution < -0.4 is 56.2 Å². The fourth-order valence-corrected chi connectivity index (χ4v) is 21.2. The van der Waals surface area contributed by atoms with E-state index in [1.165, 1.54) is 112 Å². The lowest BCUT2D eigenvalue weighted by Crippen LogP contribution is -2.40. The highest BCUT2D eigenvalue weighted by atomic mass is 32.2. The Morgan fingerprint density at radius 3 is 1.10 bits per heavy atom. The molecule has 6 aliphatic heterocycles. The molecule has 2 saturated heterocycles. The number of aromatic carboxylic acids is 2. The second kappa shape index (κ2) is 37.9. The number of aromatic nitrogens is 8. The molecule has 36 heteroatoms. The summed E-state index contributed by atoms with van der Waals surface area (Å²) in [4.78, 5) is 153. The van der Waals surface area contributed by atoms with Gasteiger partial charge in [0.2, 0.25) is 0 Å². The Morgan fingerprint density at radius 1 is 0.379 bits per heavy atom. The molecule has 8 aromatic heterocycles. The molecule has 0 spiro atoms. The van der Waals surface area contributed by atoms with Gasteiger partial charge in [0.1, 0.15) is 75.6 Å². The summed E-state index contributed by atoms with van der Waals surface area (Å²) in [6.45, 7) is 10.3. The van der Waals surface area contributed by atoms with Crippen molar-refractivity contribution in [3.8, 4) is 11.5 Å². The maximum atomic E-state index is 13.4. The highest BCUT2D eigenvalue weighted by Crippen LogP contribution is 2.50. The molecule has 660 valence electrons. The number of thiophene rings is 4. The standard InChI is InChI=1S/C32H28N6O2S2.C28H28N6O2S.C20H12N4O4S.C16H12N4O3S/c39-30(35-22-11-9-21(10-12-22)19-37-17-5-2-6-18-37)28-27-26-29(33-20-34-31(26)42-28)38(32(40)36-27)23-13-15-25(16-14-23)41-24-7-3-1-4-8-24;1-18(20-8-4-2-5-9-20)34-25-22-23(32-28(34)36)24(37-27(22)30-17-29-25)26(35)31-21-12-10-19(11-13-21)16-33-14-6-3-7-15-33;25-19(26)16-15-14-17(21-10-22-18(14)29-16)24(20(27)23-15)11-6-8-13(9-7-11)28-12-4-2-1-3-5-12;1-8(9-5-3-2-4-6-9)20-13-10-11(19-16(20)23)12(15(21)22)24-14(10)18-7-17-13/h1,3-4,7-16,20H,2,5-6,17-19H2,(H,35,39)(H,36,40);2,4-5,8-13,17-18H,3,6-7,14-16H2,1H3,(H,31,35)(H,32,36);1-10H,(H,23,27)(H,25,26);2-8H,1H3,(H,19,23)(H,21,22)/t;18-;;8-/m.1.1/s1. The van der Waals surface area contributed by atoms with Gasteiger partial charge < -0.3 is 46.9 Å². The summed E-state index contributed by atoms with van der Waals surface area (Å²) in [7, 11) is 0. The molecule has 0 radical (unpaired) electrons. The number of amides is 10. The van der Waals surface area contributed by atoms with Gasteiger partial charge in [-0.3, -0.25) is 29.2 Å². The predicted octanol–water partition coefficient (Wildman–Crippen LogP) is 22.2. The van der Waals surface area contributed by atoms with E-state index in [0.29, 0.717) is 120 Å². The molecule has 22 rings (SSSR count). The van der Waals surface area contributed by atoms with Crippen molar-refractivity contribution in [2.45, 2.75) is 87.3 Å². The molecular formula is C96H80N20O11S5. The number of para-hydroxylation sites is 1. The molecule has 8 N–H and O–H groups in total. The normalized spacial score (nSPS) is 14.8. The Morgan fingerprint density at radius 2 is 0.705 bits per heavy atom. The first kappa shape index (κ1) is 86.3. The third kappa shape index (κ3) is 17.9. The van der Waals surface area contributed by atoms with Gasteiger partial charge in [0.05, 0.1) is 67.8 Å². The molecule has 16 aromatic rings. The average Bonchev–Trinajstić information content (AvgIpc) is 1.61. The summed E-state index contributed by atoms with van der Waals surface area (Å²) in [5, 5.41) is 38.4. The lowest BCUT2D eigenvalue weighted by atomic mass is 10.1. The van der Waals surface area contributed by atoms with Crippen molar-refractivity contribution in [3.63, 3.8) is 0 Å². The number of benzene rings is 8. The van der Waals surface area contributed by atoms with Gasteiger partial charge in [0.25, 0.3) is 11.8 Å². The van der Waals surface area contributed by atoms with E-state index in [1.807, 2.05) is 172 Å². The Balaban J connectivity index is 0.000000116. The SMILES string of the molecule is C[C@H](c1ccccc1)N1C(=O)Nc2c(C(=O)Nc3ccc(CN4CCCCC4)cc3)sc3ncnc1c23.C[C@H](c1ccccc1)N1C(=O)Nc2c(C(=O)O)sc3ncnc1c23.O=C(Nc1ccc(CN2CCCCC2)cc1)c1sc2ncnc3c2c1NC(=O)N3c1ccc(Sc2ccccc2)cc1.O=C(O)c1sc2ncnc3c2c1NC(=O)N3c1ccc(Oc2ccccc2)cc1. The van der Waals surface area contributed by atoms with E-state index in [4.69, 9.17) is 4.74 Å². The third-order valence-electron chi connectivity index (χ3n) is 22.9. The lowest BCUT2D eigenvalue weighted by molar-refractivity contribution is 0.0692. The van der Waals surface area contributed by atoms with Crippen LogP contribution in [0, 0.1) is 0 Å². The number of ether oxygens (including phenoxy) is 1. The largest absolute Gasteiger partial charge is 0.477 e. The summed E-state index contributed by atoms with van der Waals surface area (Å²) in [6.07, 6.45) is 13.2. The van der Waals surface area contributed by atoms with Gasteiger partial charge in [-0.15, -0.1) is 45.3 Å². The first-order valence-electron chi connectivity index (χ1n) is 42.4. The number of anilines is 12. The predicted molar refractivity (Wildman–Crippen MR) is 516 cm³/mol. The average molecular weight is 1850 g/mol. The minimum Gasteiger partial charge on any atom is -0.477 e. The second-order valence-corrected chi connectivity index (χ2v) is 36.6. The van der Waals surface area contributed by atoms with Crippen LogP contribution in [-0.2, 0) is 13.1 Å². The zero-order valence-corrected chi connectivity index (χ0v) is 74.7. The number of carboxylic acid groups (broad SMARTS) is 2. The van der Waals surface area contributed by atoms with Crippen molar-refractivity contribution in [1.29, 1.82) is 0 Å². The fourth-order valence-electron chi connectivity index (χ4n) is 16.6. The number of hydrogen-bond acceptors (Lipinski definition) is 24. The van der Waals surface area contributed by atoms with Crippen molar-refractivity contribution in [2.24, 2.45) is 0 Å². The molecule has 31 nitrogen and oxygen atoms in total. The van der Waals surface area contributed by atoms with Crippen LogP contribution in [0.15, 0.2) is 253 Å². The van der Waals surface area contributed by atoms with E-state index >= 15 is 0 Å². The number of urea groups is 4. The van der Waals surface area contributed by atoms with Crippen LogP contribution in [0.4, 0.5) is 87.9 Å². The smallest absolute Gasteiger partial charge is 0.348 e. The molecule has 2 fully saturated rings. The first-order valence-corrected chi connectivity index (χ1v) is 46.5. The summed E-state index contributed by atoms with van der Waals surface area (Å²) in [5.74, 6) is 0.280. The zero-order valence-electron chi connectivity index (χ0n) is 70.6. The van der Waals surface area contributed by atoms with Crippen molar-refractivity contribution in [2.75, 3.05) is 77.7 Å². The van der Waals surface area contributed by atoms with E-state index < -0.39 is 24.0 Å². The van der Waals surface area contributed by atoms with Crippen molar-refractivity contribution in [3.05, 3.63) is 285 Å². The van der Waals surface area contributed by atoms with Crippen molar-refractivity contribution < 1.29 is 53.3 Å². The number of likely N-dealkylation sites (tertiary alicyclic amines) is 2. The molecule has 0 aliphatic carbocycles. The molecule has 0 saturated carbocycles. The number of nitrogens with one attached hydrogen (secondary N) is 6. The number of carboxylic acids is 2. The van der Waals surface area contributed by atoms with Crippen LogP contribution in [0.3, 0.4) is 0 Å². The van der Waals surface area contributed by atoms with Crippen LogP contribution >= 0.6 is 57.1 Å². The number of nitrogens with zero attached hydrogens (tertiary/aromatic N) is 14. The molecule has 14 heterocycles. The van der Waals surface area contributed by atoms with Crippen LogP contribution in [0.2, 0.25) is 0 Å². The van der Waals surface area contributed by atoms with Crippen molar-refractivity contribution >= 4 is 215 Å². The molecular weight excluding hydrogens is 1770 g/mol. The van der Waals surface area contributed by atoms with Crippen LogP contribution in [-0.4, -0.2) is 134 Å². The minimum atomic E-state index is -1.12. The topological polar surface area (TPSA) is 381 Å². The number of piperidine rings is 2. The first-order chi connectivity index (χ1) is 64.4. The van der Waals surface area contributed by atoms with Crippen molar-refractivity contribution in [1.82, 2.24) is 49.7 Å². The molecule has 0 bridgehead atoms. The summed E-state index contributed by atoms with van der Waals surface area (Å²) < 4.78 is 5.78. The molecule has 8 aromatic carbocycles. The van der Waals surface area contributed by atoms with Gasteiger partial charge in [-0.05, 0) is 185 Å². The maximum absolute atomic E-state index is 13.4. The number of carbonyl (C=O) groups excluding carboxylic acids is 6. The summed E-state index contributed by atoms with van der Waals surface area (Å²) >= 11 is 6.19. The molecule has 6 aliphatic rings. The highest BCUT2D eigenvalue weighted by Gasteiger charge is 2.40. The Labute approximate surface area is 774 Å². The molecule has 0 unspecified atom stereocenters. The minimum absolute atomic E-state index is 0.0290. The van der Waals surface area contributed by atoms with E-state index in [2.05, 4.69) is 118 Å². The second-order valence-electron chi connectivity index (χ2n) is 31.4. The van der Waals surface area contributed by atoms with E-state index in [0.717, 1.165) is 82.9 Å². The van der Waals surface area contributed by atoms with E-state index in [9.17, 15) is 48.6 Å².